The molecule has 120 valence electrons. The Hall–Kier alpha value is -2.59. The summed E-state index contributed by atoms with van der Waals surface area (Å²) in [7, 11) is 0. The van der Waals surface area contributed by atoms with Gasteiger partial charge in [0.1, 0.15) is 0 Å². The fraction of sp³-hybridized carbons (Fsp3) is 0.158. The Kier molecular flexibility index (Phi) is 3.62. The summed E-state index contributed by atoms with van der Waals surface area (Å²) < 4.78 is 5.35. The standard InChI is InChI=1S/C19H15ClN2O2/c1-12-10-14-4-2-3-5-17(14)22(12)19(23)16-11-18(24-21-16)13-6-8-15(20)9-7-13/h2-9,11-12H,10H2,1H3/t12-/m1/s1. The topological polar surface area (TPSA) is 46.3 Å². The number of carbonyl (C=O) groups is 1. The van der Waals surface area contributed by atoms with E-state index in [9.17, 15) is 4.79 Å². The Balaban J connectivity index is 1.65. The van der Waals surface area contributed by atoms with E-state index in [0.29, 0.717) is 16.5 Å². The number of hydrogen-bond donors (Lipinski definition) is 0. The molecule has 3 aromatic rings. The molecule has 0 bridgehead atoms. The zero-order valence-corrected chi connectivity index (χ0v) is 13.8. The van der Waals surface area contributed by atoms with Gasteiger partial charge in [-0.25, -0.2) is 0 Å². The number of para-hydroxylation sites is 1. The highest BCUT2D eigenvalue weighted by molar-refractivity contribution is 6.30. The van der Waals surface area contributed by atoms with Gasteiger partial charge in [0, 0.05) is 28.4 Å². The SMILES string of the molecule is C[C@@H]1Cc2ccccc2N1C(=O)c1cc(-c2ccc(Cl)cc2)on1. The number of nitrogens with zero attached hydrogens (tertiary/aromatic N) is 2. The molecule has 0 N–H and O–H groups in total. The number of anilines is 1. The maximum absolute atomic E-state index is 12.9. The van der Waals surface area contributed by atoms with Crippen LogP contribution in [0.3, 0.4) is 0 Å². The summed E-state index contributed by atoms with van der Waals surface area (Å²) in [5.74, 6) is 0.409. The van der Waals surface area contributed by atoms with Gasteiger partial charge < -0.3 is 9.42 Å². The molecule has 0 fully saturated rings. The van der Waals surface area contributed by atoms with Crippen molar-refractivity contribution in [1.82, 2.24) is 5.16 Å². The number of hydrogen-bond acceptors (Lipinski definition) is 3. The summed E-state index contributed by atoms with van der Waals surface area (Å²) >= 11 is 5.90. The number of rotatable bonds is 2. The van der Waals surface area contributed by atoms with Gasteiger partial charge in [0.25, 0.3) is 5.91 Å². The van der Waals surface area contributed by atoms with Crippen LogP contribution < -0.4 is 4.90 Å². The van der Waals surface area contributed by atoms with Crippen molar-refractivity contribution in [1.29, 1.82) is 0 Å². The monoisotopic (exact) mass is 338 g/mol. The van der Waals surface area contributed by atoms with Gasteiger partial charge >= 0.3 is 0 Å². The highest BCUT2D eigenvalue weighted by Gasteiger charge is 2.32. The second-order valence-corrected chi connectivity index (χ2v) is 6.38. The largest absolute Gasteiger partial charge is 0.355 e. The zero-order valence-electron chi connectivity index (χ0n) is 13.1. The second-order valence-electron chi connectivity index (χ2n) is 5.94. The summed E-state index contributed by atoms with van der Waals surface area (Å²) in [5, 5.41) is 4.62. The lowest BCUT2D eigenvalue weighted by molar-refractivity contribution is 0.0973. The van der Waals surface area contributed by atoms with E-state index in [-0.39, 0.29) is 11.9 Å². The maximum Gasteiger partial charge on any atom is 0.280 e. The summed E-state index contributed by atoms with van der Waals surface area (Å²) in [5.41, 5.74) is 3.27. The van der Waals surface area contributed by atoms with Crippen LogP contribution in [0.2, 0.25) is 5.02 Å². The molecule has 24 heavy (non-hydrogen) atoms. The van der Waals surface area contributed by atoms with E-state index in [1.165, 1.54) is 5.56 Å². The summed E-state index contributed by atoms with van der Waals surface area (Å²) in [4.78, 5) is 14.7. The van der Waals surface area contributed by atoms with Gasteiger partial charge in [-0.05, 0) is 49.2 Å². The van der Waals surface area contributed by atoms with E-state index < -0.39 is 0 Å². The molecule has 2 aromatic carbocycles. The number of benzene rings is 2. The molecule has 0 saturated heterocycles. The first kappa shape index (κ1) is 15.0. The van der Waals surface area contributed by atoms with E-state index >= 15 is 0 Å². The minimum atomic E-state index is -0.142. The highest BCUT2D eigenvalue weighted by Crippen LogP contribution is 2.33. The van der Waals surface area contributed by atoms with Crippen LogP contribution in [0.5, 0.6) is 0 Å². The van der Waals surface area contributed by atoms with Crippen LogP contribution in [0.4, 0.5) is 5.69 Å². The van der Waals surface area contributed by atoms with Crippen LogP contribution in [-0.2, 0) is 6.42 Å². The molecule has 0 radical (unpaired) electrons. The third kappa shape index (κ3) is 2.49. The molecule has 2 heterocycles. The van der Waals surface area contributed by atoms with E-state index in [0.717, 1.165) is 17.7 Å². The Morgan fingerprint density at radius 3 is 2.75 bits per heavy atom. The number of fused-ring (bicyclic) bond motifs is 1. The lowest BCUT2D eigenvalue weighted by atomic mass is 10.1. The fourth-order valence-corrected chi connectivity index (χ4v) is 3.25. The molecule has 1 amide bonds. The lowest BCUT2D eigenvalue weighted by Gasteiger charge is -2.21. The van der Waals surface area contributed by atoms with Crippen molar-refractivity contribution in [2.75, 3.05) is 4.90 Å². The smallest absolute Gasteiger partial charge is 0.280 e. The van der Waals surface area contributed by atoms with Crippen LogP contribution in [0, 0.1) is 0 Å². The average molecular weight is 339 g/mol. The first-order valence-corrected chi connectivity index (χ1v) is 8.15. The lowest BCUT2D eigenvalue weighted by Crippen LogP contribution is -2.35. The van der Waals surface area contributed by atoms with Gasteiger partial charge in [-0.3, -0.25) is 4.79 Å². The molecular weight excluding hydrogens is 324 g/mol. The van der Waals surface area contributed by atoms with Crippen LogP contribution in [0.25, 0.3) is 11.3 Å². The van der Waals surface area contributed by atoms with Crippen molar-refractivity contribution < 1.29 is 9.32 Å². The van der Waals surface area contributed by atoms with E-state index in [4.69, 9.17) is 16.1 Å². The van der Waals surface area contributed by atoms with E-state index in [1.807, 2.05) is 37.3 Å². The van der Waals surface area contributed by atoms with Crippen molar-refractivity contribution in [3.8, 4) is 11.3 Å². The third-order valence-corrected chi connectivity index (χ3v) is 4.54. The van der Waals surface area contributed by atoms with Crippen molar-refractivity contribution in [2.24, 2.45) is 0 Å². The summed E-state index contributed by atoms with van der Waals surface area (Å²) in [6.07, 6.45) is 0.851. The van der Waals surface area contributed by atoms with Gasteiger partial charge in [0.05, 0.1) is 0 Å². The molecule has 4 nitrogen and oxygen atoms in total. The molecule has 0 spiro atoms. The van der Waals surface area contributed by atoms with Gasteiger partial charge in [-0.15, -0.1) is 0 Å². The van der Waals surface area contributed by atoms with Gasteiger partial charge in [0.2, 0.25) is 0 Å². The van der Waals surface area contributed by atoms with E-state index in [1.54, 1.807) is 23.1 Å². The van der Waals surface area contributed by atoms with Gasteiger partial charge in [-0.1, -0.05) is 35.0 Å². The maximum atomic E-state index is 12.9. The molecule has 1 aromatic heterocycles. The van der Waals surface area contributed by atoms with Gasteiger partial charge in [0.15, 0.2) is 11.5 Å². The van der Waals surface area contributed by atoms with E-state index in [2.05, 4.69) is 11.2 Å². The van der Waals surface area contributed by atoms with Gasteiger partial charge in [-0.2, -0.15) is 0 Å². The molecule has 4 rings (SSSR count). The van der Waals surface area contributed by atoms with Crippen LogP contribution in [-0.4, -0.2) is 17.1 Å². The molecule has 1 aliphatic heterocycles. The minimum absolute atomic E-state index is 0.102. The number of amides is 1. The molecule has 0 aliphatic carbocycles. The third-order valence-electron chi connectivity index (χ3n) is 4.28. The summed E-state index contributed by atoms with van der Waals surface area (Å²) in [6.45, 7) is 2.04. The Labute approximate surface area is 144 Å². The normalized spacial score (nSPS) is 16.2. The highest BCUT2D eigenvalue weighted by atomic mass is 35.5. The minimum Gasteiger partial charge on any atom is -0.355 e. The fourth-order valence-electron chi connectivity index (χ4n) is 3.12. The van der Waals surface area contributed by atoms with Crippen LogP contribution in [0.15, 0.2) is 59.1 Å². The Bertz CT molecular complexity index is 902. The number of halogens is 1. The first-order valence-electron chi connectivity index (χ1n) is 7.77. The number of aromatic nitrogens is 1. The molecule has 0 saturated carbocycles. The average Bonchev–Trinajstić information content (AvgIpc) is 3.19. The quantitative estimate of drug-likeness (QED) is 0.686. The van der Waals surface area contributed by atoms with Crippen molar-refractivity contribution >= 4 is 23.2 Å². The predicted octanol–water partition coefficient (Wildman–Crippen LogP) is 4.59. The molecule has 1 atom stereocenters. The Morgan fingerprint density at radius 1 is 1.21 bits per heavy atom. The van der Waals surface area contributed by atoms with Crippen molar-refractivity contribution in [3.05, 3.63) is 70.9 Å². The number of carbonyl (C=O) groups excluding carboxylic acids is 1. The van der Waals surface area contributed by atoms with Crippen LogP contribution in [0.1, 0.15) is 23.0 Å². The zero-order chi connectivity index (χ0) is 16.7. The summed E-state index contributed by atoms with van der Waals surface area (Å²) in [6, 6.07) is 17.0. The predicted molar refractivity (Wildman–Crippen MR) is 93.4 cm³/mol. The molecule has 5 heteroatoms. The molecule has 0 unspecified atom stereocenters. The van der Waals surface area contributed by atoms with Crippen molar-refractivity contribution in [2.45, 2.75) is 19.4 Å². The van der Waals surface area contributed by atoms with Crippen molar-refractivity contribution in [3.63, 3.8) is 0 Å². The second kappa shape index (κ2) is 5.80. The molecule has 1 aliphatic rings. The molecular formula is C19H15ClN2O2. The van der Waals surface area contributed by atoms with Crippen LogP contribution >= 0.6 is 11.6 Å². The first-order chi connectivity index (χ1) is 11.6. The Morgan fingerprint density at radius 2 is 1.96 bits per heavy atom.